The summed E-state index contributed by atoms with van der Waals surface area (Å²) in [4.78, 5) is 16.1. The maximum Gasteiger partial charge on any atom is 0.387 e. The predicted octanol–water partition coefficient (Wildman–Crippen LogP) is 3.71. The third kappa shape index (κ3) is 4.60. The molecule has 1 aromatic carbocycles. The van der Waals surface area contributed by atoms with E-state index in [-0.39, 0.29) is 22.5 Å². The van der Waals surface area contributed by atoms with Crippen molar-refractivity contribution in [2.75, 3.05) is 5.75 Å². The Morgan fingerprint density at radius 1 is 1.20 bits per heavy atom. The lowest BCUT2D eigenvalue weighted by Crippen LogP contribution is -2.04. The number of aromatic nitrogens is 3. The Balaban J connectivity index is 1.58. The summed E-state index contributed by atoms with van der Waals surface area (Å²) in [5, 5.41) is 8.02. The van der Waals surface area contributed by atoms with E-state index in [0.29, 0.717) is 17.0 Å². The first kappa shape index (κ1) is 17.0. The van der Waals surface area contributed by atoms with E-state index in [2.05, 4.69) is 19.9 Å². The maximum atomic E-state index is 12.1. The molecule has 0 saturated heterocycles. The Kier molecular flexibility index (Phi) is 5.34. The lowest BCUT2D eigenvalue weighted by Gasteiger charge is -2.04. The van der Waals surface area contributed by atoms with Crippen molar-refractivity contribution in [3.8, 4) is 17.2 Å². The van der Waals surface area contributed by atoms with E-state index in [1.165, 1.54) is 24.3 Å². The van der Waals surface area contributed by atoms with Gasteiger partial charge in [-0.15, -0.1) is 10.2 Å². The van der Waals surface area contributed by atoms with Crippen LogP contribution < -0.4 is 4.74 Å². The molecular weight excluding hydrogens is 352 g/mol. The Bertz CT molecular complexity index is 841. The fraction of sp³-hybridized carbons (Fsp3) is 0.125. The normalized spacial score (nSPS) is 10.8. The van der Waals surface area contributed by atoms with Crippen LogP contribution >= 0.6 is 11.8 Å². The highest BCUT2D eigenvalue weighted by Gasteiger charge is 2.13. The van der Waals surface area contributed by atoms with Gasteiger partial charge in [0.05, 0.1) is 11.3 Å². The molecule has 0 aliphatic rings. The smallest absolute Gasteiger partial charge is 0.387 e. The average Bonchev–Trinajstić information content (AvgIpc) is 3.10. The molecule has 0 saturated carbocycles. The Labute approximate surface area is 145 Å². The molecule has 0 aliphatic carbocycles. The number of nitrogens with zero attached hydrogens (tertiary/aromatic N) is 3. The van der Waals surface area contributed by atoms with Gasteiger partial charge in [-0.05, 0) is 36.4 Å². The minimum absolute atomic E-state index is 0.00258. The summed E-state index contributed by atoms with van der Waals surface area (Å²) in [7, 11) is 0. The molecule has 0 spiro atoms. The summed E-state index contributed by atoms with van der Waals surface area (Å²) < 4.78 is 33.9. The van der Waals surface area contributed by atoms with E-state index in [9.17, 15) is 13.6 Å². The molecule has 2 heterocycles. The van der Waals surface area contributed by atoms with Crippen LogP contribution in [0.25, 0.3) is 11.5 Å². The maximum absolute atomic E-state index is 12.1. The minimum atomic E-state index is -2.90. The highest BCUT2D eigenvalue weighted by atomic mass is 32.2. The van der Waals surface area contributed by atoms with Crippen molar-refractivity contribution >= 4 is 17.5 Å². The quantitative estimate of drug-likeness (QED) is 0.468. The number of ketones is 1. The number of pyridine rings is 1. The largest absolute Gasteiger partial charge is 0.435 e. The van der Waals surface area contributed by atoms with Crippen LogP contribution in [0.4, 0.5) is 8.78 Å². The van der Waals surface area contributed by atoms with Crippen LogP contribution in [0, 0.1) is 0 Å². The lowest BCUT2D eigenvalue weighted by atomic mass is 10.1. The highest BCUT2D eigenvalue weighted by molar-refractivity contribution is 7.99. The van der Waals surface area contributed by atoms with Crippen molar-refractivity contribution in [3.05, 3.63) is 54.4 Å². The van der Waals surface area contributed by atoms with E-state index < -0.39 is 6.61 Å². The van der Waals surface area contributed by atoms with Gasteiger partial charge in [0.15, 0.2) is 5.78 Å². The molecule has 2 aromatic heterocycles. The van der Waals surface area contributed by atoms with Gasteiger partial charge in [-0.25, -0.2) is 0 Å². The van der Waals surface area contributed by atoms with E-state index >= 15 is 0 Å². The number of thioether (sulfide) groups is 1. The van der Waals surface area contributed by atoms with Crippen molar-refractivity contribution < 1.29 is 22.7 Å². The summed E-state index contributed by atoms with van der Waals surface area (Å²) in [5.41, 5.74) is 1.06. The van der Waals surface area contributed by atoms with Gasteiger partial charge in [0.1, 0.15) is 5.75 Å². The van der Waals surface area contributed by atoms with Crippen LogP contribution in [0.15, 0.2) is 58.4 Å². The average molecular weight is 363 g/mol. The van der Waals surface area contributed by atoms with Gasteiger partial charge < -0.3 is 9.15 Å². The minimum Gasteiger partial charge on any atom is -0.435 e. The third-order valence-corrected chi connectivity index (χ3v) is 3.86. The summed E-state index contributed by atoms with van der Waals surface area (Å²) in [6.45, 7) is -2.90. The molecule has 0 fully saturated rings. The van der Waals surface area contributed by atoms with E-state index in [1.807, 2.05) is 0 Å². The molecule has 6 nitrogen and oxygen atoms in total. The van der Waals surface area contributed by atoms with Gasteiger partial charge in [0.2, 0.25) is 5.89 Å². The van der Waals surface area contributed by atoms with Crippen molar-refractivity contribution in [1.82, 2.24) is 15.2 Å². The second-order valence-corrected chi connectivity index (χ2v) is 5.66. The number of carbonyl (C=O) groups is 1. The number of carbonyl (C=O) groups excluding carboxylic acids is 1. The highest BCUT2D eigenvalue weighted by Crippen LogP contribution is 2.23. The van der Waals surface area contributed by atoms with Crippen molar-refractivity contribution in [2.24, 2.45) is 0 Å². The summed E-state index contributed by atoms with van der Waals surface area (Å²) >= 11 is 1.09. The predicted molar refractivity (Wildman–Crippen MR) is 85.7 cm³/mol. The first-order chi connectivity index (χ1) is 12.1. The molecule has 0 bridgehead atoms. The number of benzene rings is 1. The molecule has 128 valence electrons. The monoisotopic (exact) mass is 363 g/mol. The molecule has 0 aliphatic heterocycles. The number of halogens is 2. The van der Waals surface area contributed by atoms with E-state index in [4.69, 9.17) is 4.42 Å². The van der Waals surface area contributed by atoms with Gasteiger partial charge in [0, 0.05) is 18.0 Å². The molecule has 0 amide bonds. The SMILES string of the molecule is O=C(CSc1nnc(-c2cccnc2)o1)c1ccc(OC(F)F)cc1. The van der Waals surface area contributed by atoms with Crippen LogP contribution in [-0.4, -0.2) is 33.3 Å². The number of Topliss-reactive ketones (excluding diaryl/α,β-unsaturated/α-hetero) is 1. The molecule has 0 unspecified atom stereocenters. The Morgan fingerprint density at radius 2 is 2.00 bits per heavy atom. The fourth-order valence-corrected chi connectivity index (χ4v) is 2.56. The van der Waals surface area contributed by atoms with Gasteiger partial charge in [0.25, 0.3) is 5.22 Å². The van der Waals surface area contributed by atoms with Crippen molar-refractivity contribution in [1.29, 1.82) is 0 Å². The van der Waals surface area contributed by atoms with Crippen molar-refractivity contribution in [3.63, 3.8) is 0 Å². The van der Waals surface area contributed by atoms with Crippen LogP contribution in [0.5, 0.6) is 5.75 Å². The number of hydrogen-bond donors (Lipinski definition) is 0. The fourth-order valence-electron chi connectivity index (χ4n) is 1.91. The zero-order valence-corrected chi connectivity index (χ0v) is 13.5. The molecule has 3 rings (SSSR count). The summed E-state index contributed by atoms with van der Waals surface area (Å²) in [6.07, 6.45) is 3.22. The Hall–Kier alpha value is -2.81. The Morgan fingerprint density at radius 3 is 2.68 bits per heavy atom. The number of alkyl halides is 2. The molecule has 0 N–H and O–H groups in total. The van der Waals surface area contributed by atoms with Crippen LogP contribution in [0.3, 0.4) is 0 Å². The zero-order chi connectivity index (χ0) is 17.6. The van der Waals surface area contributed by atoms with Crippen molar-refractivity contribution in [2.45, 2.75) is 11.8 Å². The molecule has 9 heteroatoms. The van der Waals surface area contributed by atoms with Crippen LogP contribution in [0.2, 0.25) is 0 Å². The summed E-state index contributed by atoms with van der Waals surface area (Å²) in [6, 6.07) is 9.01. The van der Waals surface area contributed by atoms with E-state index in [1.54, 1.807) is 24.5 Å². The van der Waals surface area contributed by atoms with Crippen LogP contribution in [-0.2, 0) is 0 Å². The molecule has 25 heavy (non-hydrogen) atoms. The second-order valence-electron chi connectivity index (χ2n) is 4.73. The first-order valence-electron chi connectivity index (χ1n) is 7.06. The second kappa shape index (κ2) is 7.84. The van der Waals surface area contributed by atoms with Crippen LogP contribution in [0.1, 0.15) is 10.4 Å². The topological polar surface area (TPSA) is 78.1 Å². The number of rotatable bonds is 7. The number of hydrogen-bond acceptors (Lipinski definition) is 7. The first-order valence-corrected chi connectivity index (χ1v) is 8.05. The van der Waals surface area contributed by atoms with Gasteiger partial charge in [-0.3, -0.25) is 9.78 Å². The molecule has 0 atom stereocenters. The van der Waals surface area contributed by atoms with Gasteiger partial charge >= 0.3 is 6.61 Å². The van der Waals surface area contributed by atoms with E-state index in [0.717, 1.165) is 11.8 Å². The third-order valence-electron chi connectivity index (χ3n) is 3.04. The van der Waals surface area contributed by atoms with Gasteiger partial charge in [-0.2, -0.15) is 8.78 Å². The summed E-state index contributed by atoms with van der Waals surface area (Å²) in [5.74, 6) is 0.187. The van der Waals surface area contributed by atoms with Gasteiger partial charge in [-0.1, -0.05) is 11.8 Å². The molecular formula is C16H11F2N3O3S. The lowest BCUT2D eigenvalue weighted by molar-refractivity contribution is -0.0498. The number of ether oxygens (including phenoxy) is 1. The standard InChI is InChI=1S/C16H11F2N3O3S/c17-15(18)23-12-5-3-10(4-6-12)13(22)9-25-16-21-20-14(24-16)11-2-1-7-19-8-11/h1-8,15H,9H2. The zero-order valence-electron chi connectivity index (χ0n) is 12.6. The molecule has 3 aromatic rings. The molecule has 0 radical (unpaired) electrons.